The van der Waals surface area contributed by atoms with Gasteiger partial charge in [-0.25, -0.2) is 9.79 Å². The van der Waals surface area contributed by atoms with Crippen LogP contribution in [-0.2, 0) is 9.59 Å². The average molecular weight is 457 g/mol. The summed E-state index contributed by atoms with van der Waals surface area (Å²) in [7, 11) is 1.50. The number of hydrogen-bond donors (Lipinski definition) is 3. The maximum atomic E-state index is 13.6. The van der Waals surface area contributed by atoms with Crippen LogP contribution in [0.15, 0.2) is 77.9 Å². The van der Waals surface area contributed by atoms with Gasteiger partial charge in [0, 0.05) is 24.5 Å². The molecule has 4 amide bonds. The lowest BCUT2D eigenvalue weighted by atomic mass is 10.0. The SMILES string of the molecule is CNC(=O)CN1C(=O)C(NC(=O)Nc2cccc(C)c2)N=C(c2ccccn2)c2ccccc21. The summed E-state index contributed by atoms with van der Waals surface area (Å²) in [5.74, 6) is -0.895. The molecule has 0 radical (unpaired) electrons. The predicted molar refractivity (Wildman–Crippen MR) is 130 cm³/mol. The maximum absolute atomic E-state index is 13.6. The average Bonchev–Trinajstić information content (AvgIpc) is 2.95. The van der Waals surface area contributed by atoms with E-state index in [0.717, 1.165) is 5.56 Å². The second-order valence-corrected chi connectivity index (χ2v) is 7.68. The lowest BCUT2D eigenvalue weighted by molar-refractivity contribution is -0.124. The van der Waals surface area contributed by atoms with Crippen molar-refractivity contribution < 1.29 is 14.4 Å². The number of carbonyl (C=O) groups is 3. The van der Waals surface area contributed by atoms with Gasteiger partial charge >= 0.3 is 6.03 Å². The summed E-state index contributed by atoms with van der Waals surface area (Å²) in [6, 6.07) is 19.2. The van der Waals surface area contributed by atoms with Gasteiger partial charge < -0.3 is 16.0 Å². The van der Waals surface area contributed by atoms with Crippen LogP contribution in [0.1, 0.15) is 16.8 Å². The van der Waals surface area contributed by atoms with Crippen molar-refractivity contribution in [2.24, 2.45) is 4.99 Å². The number of para-hydroxylation sites is 1. The Labute approximate surface area is 196 Å². The van der Waals surface area contributed by atoms with Crippen LogP contribution in [0, 0.1) is 6.92 Å². The molecular formula is C25H24N6O3. The molecule has 1 unspecified atom stereocenters. The van der Waals surface area contributed by atoms with Crippen molar-refractivity contribution in [3.8, 4) is 0 Å². The molecule has 0 saturated heterocycles. The van der Waals surface area contributed by atoms with Crippen LogP contribution in [-0.4, -0.2) is 48.3 Å². The van der Waals surface area contributed by atoms with Crippen molar-refractivity contribution in [3.05, 3.63) is 89.7 Å². The molecule has 0 saturated carbocycles. The second kappa shape index (κ2) is 9.95. The first-order valence-corrected chi connectivity index (χ1v) is 10.7. The molecule has 3 aromatic rings. The number of nitrogens with zero attached hydrogens (tertiary/aromatic N) is 3. The van der Waals surface area contributed by atoms with Gasteiger partial charge in [-0.15, -0.1) is 0 Å². The fourth-order valence-electron chi connectivity index (χ4n) is 3.63. The van der Waals surface area contributed by atoms with Gasteiger partial charge in [0.1, 0.15) is 6.54 Å². The molecule has 34 heavy (non-hydrogen) atoms. The monoisotopic (exact) mass is 456 g/mol. The first kappa shape index (κ1) is 22.7. The Morgan fingerprint density at radius 2 is 1.82 bits per heavy atom. The zero-order chi connectivity index (χ0) is 24.1. The number of aliphatic imine (C=N–C) groups is 1. The lowest BCUT2D eigenvalue weighted by Gasteiger charge is -2.24. The van der Waals surface area contributed by atoms with Crippen LogP contribution >= 0.6 is 0 Å². The van der Waals surface area contributed by atoms with E-state index in [2.05, 4.69) is 25.9 Å². The largest absolute Gasteiger partial charge is 0.358 e. The molecule has 3 N–H and O–H groups in total. The van der Waals surface area contributed by atoms with Crippen LogP contribution in [0.4, 0.5) is 16.2 Å². The van der Waals surface area contributed by atoms with Gasteiger partial charge in [0.25, 0.3) is 5.91 Å². The lowest BCUT2D eigenvalue weighted by Crippen LogP contribution is -2.50. The Morgan fingerprint density at radius 1 is 1.03 bits per heavy atom. The first-order chi connectivity index (χ1) is 16.5. The number of rotatable bonds is 5. The summed E-state index contributed by atoms with van der Waals surface area (Å²) in [5, 5.41) is 7.91. The molecule has 0 spiro atoms. The van der Waals surface area contributed by atoms with E-state index in [9.17, 15) is 14.4 Å². The Kier molecular flexibility index (Phi) is 6.63. The normalized spacial score (nSPS) is 15.0. The number of benzene rings is 2. The van der Waals surface area contributed by atoms with E-state index in [1.165, 1.54) is 11.9 Å². The molecule has 1 aliphatic rings. The highest BCUT2D eigenvalue weighted by Gasteiger charge is 2.34. The number of anilines is 2. The van der Waals surface area contributed by atoms with Crippen LogP contribution in [0.2, 0.25) is 0 Å². The Hall–Kier alpha value is -4.53. The predicted octanol–water partition coefficient (Wildman–Crippen LogP) is 2.47. The minimum Gasteiger partial charge on any atom is -0.358 e. The highest BCUT2D eigenvalue weighted by molar-refractivity contribution is 6.20. The van der Waals surface area contributed by atoms with E-state index in [-0.39, 0.29) is 12.5 Å². The third-order valence-corrected chi connectivity index (χ3v) is 5.24. The van der Waals surface area contributed by atoms with Gasteiger partial charge in [0.05, 0.1) is 17.1 Å². The number of aryl methyl sites for hydroxylation is 1. The van der Waals surface area contributed by atoms with E-state index in [4.69, 9.17) is 0 Å². The molecule has 0 aliphatic carbocycles. The van der Waals surface area contributed by atoms with Gasteiger partial charge in [-0.2, -0.15) is 0 Å². The van der Waals surface area contributed by atoms with Crippen LogP contribution in [0.5, 0.6) is 0 Å². The third kappa shape index (κ3) is 4.93. The molecule has 1 aromatic heterocycles. The third-order valence-electron chi connectivity index (χ3n) is 5.24. The Bertz CT molecular complexity index is 1260. The fourth-order valence-corrected chi connectivity index (χ4v) is 3.63. The van der Waals surface area contributed by atoms with Gasteiger partial charge in [0.15, 0.2) is 0 Å². The zero-order valence-corrected chi connectivity index (χ0v) is 18.8. The van der Waals surface area contributed by atoms with Crippen molar-refractivity contribution in [2.75, 3.05) is 23.8 Å². The van der Waals surface area contributed by atoms with Gasteiger partial charge in [-0.05, 0) is 42.8 Å². The quantitative estimate of drug-likeness (QED) is 0.547. The molecule has 172 valence electrons. The molecule has 0 fully saturated rings. The number of likely N-dealkylation sites (N-methyl/N-ethyl adjacent to an activating group) is 1. The number of pyridine rings is 1. The number of urea groups is 1. The van der Waals surface area contributed by atoms with Crippen LogP contribution in [0.3, 0.4) is 0 Å². The number of hydrogen-bond acceptors (Lipinski definition) is 5. The minimum absolute atomic E-state index is 0.227. The molecule has 1 atom stereocenters. The van der Waals surface area contributed by atoms with Gasteiger partial charge in [-0.1, -0.05) is 36.4 Å². The summed E-state index contributed by atoms with van der Waals surface area (Å²) >= 11 is 0. The van der Waals surface area contributed by atoms with Crippen molar-refractivity contribution in [1.29, 1.82) is 0 Å². The standard InChI is InChI=1S/C25H24N6O3/c1-16-8-7-9-17(14-16)28-25(34)30-23-24(33)31(15-21(32)26-2)20-12-4-3-10-18(20)22(29-23)19-11-5-6-13-27-19/h3-14,23H,15H2,1-2H3,(H,26,32)(H2,28,30,34). The van der Waals surface area contributed by atoms with E-state index < -0.39 is 18.1 Å². The highest BCUT2D eigenvalue weighted by atomic mass is 16.2. The van der Waals surface area contributed by atoms with E-state index in [0.29, 0.717) is 28.3 Å². The molecule has 1 aliphatic heterocycles. The summed E-state index contributed by atoms with van der Waals surface area (Å²) in [4.78, 5) is 48.9. The van der Waals surface area contributed by atoms with E-state index in [1.54, 1.807) is 36.5 Å². The minimum atomic E-state index is -1.28. The number of carbonyl (C=O) groups excluding carboxylic acids is 3. The molecule has 9 nitrogen and oxygen atoms in total. The summed E-state index contributed by atoms with van der Waals surface area (Å²) in [6.07, 6.45) is 0.349. The zero-order valence-electron chi connectivity index (χ0n) is 18.8. The Morgan fingerprint density at radius 3 is 2.56 bits per heavy atom. The molecule has 2 heterocycles. The molecule has 9 heteroatoms. The van der Waals surface area contributed by atoms with E-state index in [1.807, 2.05) is 43.3 Å². The van der Waals surface area contributed by atoms with E-state index >= 15 is 0 Å². The molecule has 4 rings (SSSR count). The smallest absolute Gasteiger partial charge is 0.321 e. The number of fused-ring (bicyclic) bond motifs is 1. The number of benzodiazepines with no additional fused rings is 1. The molecule has 0 bridgehead atoms. The van der Waals surface area contributed by atoms with Crippen molar-refractivity contribution in [3.63, 3.8) is 0 Å². The van der Waals surface area contributed by atoms with Crippen molar-refractivity contribution >= 4 is 34.9 Å². The van der Waals surface area contributed by atoms with Crippen LogP contribution < -0.4 is 20.9 Å². The maximum Gasteiger partial charge on any atom is 0.321 e. The fraction of sp³-hybridized carbons (Fsp3) is 0.160. The van der Waals surface area contributed by atoms with Crippen molar-refractivity contribution in [2.45, 2.75) is 13.1 Å². The summed E-state index contributed by atoms with van der Waals surface area (Å²) in [5.41, 5.74) is 3.66. The second-order valence-electron chi connectivity index (χ2n) is 7.68. The number of aromatic nitrogens is 1. The van der Waals surface area contributed by atoms with Crippen molar-refractivity contribution in [1.82, 2.24) is 15.6 Å². The van der Waals surface area contributed by atoms with Crippen LogP contribution in [0.25, 0.3) is 0 Å². The summed E-state index contributed by atoms with van der Waals surface area (Å²) < 4.78 is 0. The number of amides is 4. The molecule has 2 aromatic carbocycles. The summed E-state index contributed by atoms with van der Waals surface area (Å²) in [6.45, 7) is 1.68. The topological polar surface area (TPSA) is 116 Å². The highest BCUT2D eigenvalue weighted by Crippen LogP contribution is 2.27. The number of nitrogens with one attached hydrogen (secondary N) is 3. The first-order valence-electron chi connectivity index (χ1n) is 10.7. The van der Waals surface area contributed by atoms with Gasteiger partial charge in [0.2, 0.25) is 12.1 Å². The molecular weight excluding hydrogens is 432 g/mol. The van der Waals surface area contributed by atoms with Gasteiger partial charge in [-0.3, -0.25) is 19.5 Å². The Balaban J connectivity index is 1.74.